The molecule has 0 saturated heterocycles. The minimum Gasteiger partial charge on any atom is -0.452 e. The quantitative estimate of drug-likeness (QED) is 0.938. The van der Waals surface area contributed by atoms with Gasteiger partial charge in [-0.25, -0.2) is 0 Å². The van der Waals surface area contributed by atoms with E-state index in [-0.39, 0.29) is 6.04 Å². The molecule has 0 aliphatic rings. The van der Waals surface area contributed by atoms with E-state index in [0.717, 1.165) is 32.9 Å². The third-order valence-corrected chi connectivity index (χ3v) is 3.76. The molecule has 2 rings (SSSR count). The number of rotatable bonds is 3. The molecule has 0 fully saturated rings. The smallest absolute Gasteiger partial charge is 0.171 e. The van der Waals surface area contributed by atoms with Gasteiger partial charge in [-0.05, 0) is 54.4 Å². The van der Waals surface area contributed by atoms with Crippen LogP contribution in [-0.4, -0.2) is 9.78 Å². The van der Waals surface area contributed by atoms with Gasteiger partial charge < -0.3 is 10.5 Å². The van der Waals surface area contributed by atoms with Gasteiger partial charge in [-0.2, -0.15) is 5.10 Å². The molecule has 102 valence electrons. The van der Waals surface area contributed by atoms with Crippen molar-refractivity contribution < 1.29 is 4.74 Å². The zero-order valence-corrected chi connectivity index (χ0v) is 13.2. The Bertz CT molecular complexity index is 605. The van der Waals surface area contributed by atoms with Gasteiger partial charge in [0.15, 0.2) is 5.75 Å². The Balaban J connectivity index is 2.34. The lowest BCUT2D eigenvalue weighted by Crippen LogP contribution is -2.04. The average molecular weight is 324 g/mol. The lowest BCUT2D eigenvalue weighted by Gasteiger charge is -2.11. The van der Waals surface area contributed by atoms with Gasteiger partial charge in [-0.3, -0.25) is 4.68 Å². The molecule has 1 atom stereocenters. The van der Waals surface area contributed by atoms with E-state index >= 15 is 0 Å². The molecule has 1 aromatic carbocycles. The lowest BCUT2D eigenvalue weighted by molar-refractivity contribution is 0.471. The first-order valence-electron chi connectivity index (χ1n) is 6.13. The molecule has 2 N–H and O–H groups in total. The van der Waals surface area contributed by atoms with Crippen LogP contribution in [0.25, 0.3) is 0 Å². The zero-order valence-electron chi connectivity index (χ0n) is 11.6. The number of hydrogen-bond acceptors (Lipinski definition) is 3. The van der Waals surface area contributed by atoms with Gasteiger partial charge in [0, 0.05) is 13.1 Å². The molecule has 1 unspecified atom stereocenters. The average Bonchev–Trinajstić information content (AvgIpc) is 2.58. The Morgan fingerprint density at radius 3 is 2.53 bits per heavy atom. The van der Waals surface area contributed by atoms with Gasteiger partial charge >= 0.3 is 0 Å². The molecule has 5 heteroatoms. The Kier molecular flexibility index (Phi) is 3.96. The second kappa shape index (κ2) is 5.35. The van der Waals surface area contributed by atoms with Crippen LogP contribution in [0.3, 0.4) is 0 Å². The van der Waals surface area contributed by atoms with Crippen molar-refractivity contribution in [3.05, 3.63) is 39.6 Å². The fraction of sp³-hybridized carbons (Fsp3) is 0.357. The summed E-state index contributed by atoms with van der Waals surface area (Å²) >= 11 is 3.52. The summed E-state index contributed by atoms with van der Waals surface area (Å²) in [6.07, 6.45) is 0. The van der Waals surface area contributed by atoms with Crippen LogP contribution in [0.15, 0.2) is 22.7 Å². The van der Waals surface area contributed by atoms with Crippen molar-refractivity contribution in [2.75, 3.05) is 0 Å². The topological polar surface area (TPSA) is 53.1 Å². The van der Waals surface area contributed by atoms with Gasteiger partial charge in [0.25, 0.3) is 0 Å². The molecule has 2 aromatic rings. The molecule has 0 amide bonds. The number of nitrogens with zero attached hydrogens (tertiary/aromatic N) is 2. The molecule has 1 aromatic heterocycles. The van der Waals surface area contributed by atoms with Crippen molar-refractivity contribution in [1.82, 2.24) is 9.78 Å². The maximum absolute atomic E-state index is 5.96. The number of benzene rings is 1. The molecule has 0 radical (unpaired) electrons. The van der Waals surface area contributed by atoms with Gasteiger partial charge in [0.05, 0.1) is 10.2 Å². The van der Waals surface area contributed by atoms with Crippen molar-refractivity contribution >= 4 is 15.9 Å². The summed E-state index contributed by atoms with van der Waals surface area (Å²) in [5, 5.41) is 4.34. The van der Waals surface area contributed by atoms with Crippen LogP contribution in [0.2, 0.25) is 0 Å². The molecule has 1 heterocycles. The maximum Gasteiger partial charge on any atom is 0.171 e. The number of aryl methyl sites for hydroxylation is 2. The summed E-state index contributed by atoms with van der Waals surface area (Å²) in [7, 11) is 1.91. The number of aromatic nitrogens is 2. The summed E-state index contributed by atoms with van der Waals surface area (Å²) in [5.41, 5.74) is 8.81. The molecular formula is C14H18BrN3O. The van der Waals surface area contributed by atoms with E-state index in [2.05, 4.69) is 21.0 Å². The Morgan fingerprint density at radius 1 is 1.37 bits per heavy atom. The third-order valence-electron chi connectivity index (χ3n) is 3.14. The highest BCUT2D eigenvalue weighted by atomic mass is 79.9. The van der Waals surface area contributed by atoms with Crippen LogP contribution in [-0.2, 0) is 7.05 Å². The zero-order chi connectivity index (χ0) is 14.2. The van der Waals surface area contributed by atoms with Gasteiger partial charge in [-0.15, -0.1) is 0 Å². The summed E-state index contributed by atoms with van der Waals surface area (Å²) in [6.45, 7) is 5.88. The van der Waals surface area contributed by atoms with Crippen molar-refractivity contribution in [2.24, 2.45) is 12.8 Å². The monoisotopic (exact) mass is 323 g/mol. The molecule has 19 heavy (non-hydrogen) atoms. The lowest BCUT2D eigenvalue weighted by atomic mass is 10.1. The SMILES string of the molecule is Cc1nn(C)c(C)c1Oc1ccc(C(C)N)cc1Br. The largest absolute Gasteiger partial charge is 0.452 e. The summed E-state index contributed by atoms with van der Waals surface area (Å²) < 4.78 is 8.66. The second-order valence-corrected chi connectivity index (χ2v) is 5.56. The van der Waals surface area contributed by atoms with Crippen molar-refractivity contribution in [3.8, 4) is 11.5 Å². The minimum absolute atomic E-state index is 0.00668. The number of ether oxygens (including phenoxy) is 1. The van der Waals surface area contributed by atoms with Gasteiger partial charge in [-0.1, -0.05) is 6.07 Å². The Hall–Kier alpha value is -1.33. The van der Waals surface area contributed by atoms with Crippen LogP contribution in [0.4, 0.5) is 0 Å². The summed E-state index contributed by atoms with van der Waals surface area (Å²) in [4.78, 5) is 0. The Morgan fingerprint density at radius 2 is 2.05 bits per heavy atom. The summed E-state index contributed by atoms with van der Waals surface area (Å²) in [5.74, 6) is 1.57. The molecule has 0 aliphatic heterocycles. The van der Waals surface area contributed by atoms with Crippen molar-refractivity contribution in [2.45, 2.75) is 26.8 Å². The molecule has 0 saturated carbocycles. The first kappa shape index (κ1) is 14.1. The van der Waals surface area contributed by atoms with Crippen LogP contribution in [0.5, 0.6) is 11.5 Å². The van der Waals surface area contributed by atoms with Crippen LogP contribution in [0, 0.1) is 13.8 Å². The molecule has 0 spiro atoms. The highest BCUT2D eigenvalue weighted by Crippen LogP contribution is 2.34. The second-order valence-electron chi connectivity index (χ2n) is 4.70. The standard InChI is InChI=1S/C14H18BrN3O/c1-8(16)11-5-6-13(12(15)7-11)19-14-9(2)17-18(4)10(14)3/h5-8H,16H2,1-4H3. The normalized spacial score (nSPS) is 12.5. The predicted octanol–water partition coefficient (Wildman–Crippen LogP) is 3.61. The van der Waals surface area contributed by atoms with Crippen LogP contribution < -0.4 is 10.5 Å². The van der Waals surface area contributed by atoms with E-state index in [1.165, 1.54) is 0 Å². The first-order chi connectivity index (χ1) is 8.90. The fourth-order valence-corrected chi connectivity index (χ4v) is 2.37. The third kappa shape index (κ3) is 2.82. The van der Waals surface area contributed by atoms with E-state index in [9.17, 15) is 0 Å². The van der Waals surface area contributed by atoms with E-state index in [0.29, 0.717) is 0 Å². The fourth-order valence-electron chi connectivity index (χ4n) is 1.89. The number of halogens is 1. The van der Waals surface area contributed by atoms with Gasteiger partial charge in [0.1, 0.15) is 11.4 Å². The van der Waals surface area contributed by atoms with Crippen molar-refractivity contribution in [3.63, 3.8) is 0 Å². The van der Waals surface area contributed by atoms with E-state index in [1.807, 2.05) is 50.7 Å². The Labute approximate surface area is 121 Å². The highest BCUT2D eigenvalue weighted by Gasteiger charge is 2.13. The number of nitrogens with two attached hydrogens (primary N) is 1. The number of hydrogen-bond donors (Lipinski definition) is 1. The van der Waals surface area contributed by atoms with Crippen molar-refractivity contribution in [1.29, 1.82) is 0 Å². The summed E-state index contributed by atoms with van der Waals surface area (Å²) in [6, 6.07) is 5.90. The molecular weight excluding hydrogens is 306 g/mol. The predicted molar refractivity (Wildman–Crippen MR) is 79.5 cm³/mol. The minimum atomic E-state index is 0.00668. The highest BCUT2D eigenvalue weighted by molar-refractivity contribution is 9.10. The van der Waals surface area contributed by atoms with Crippen LogP contribution in [0.1, 0.15) is 29.9 Å². The van der Waals surface area contributed by atoms with Crippen LogP contribution >= 0.6 is 15.9 Å². The van der Waals surface area contributed by atoms with E-state index < -0.39 is 0 Å². The molecule has 0 aliphatic carbocycles. The van der Waals surface area contributed by atoms with Gasteiger partial charge in [0.2, 0.25) is 0 Å². The molecule has 0 bridgehead atoms. The molecule has 4 nitrogen and oxygen atoms in total. The first-order valence-corrected chi connectivity index (χ1v) is 6.92. The van der Waals surface area contributed by atoms with E-state index in [1.54, 1.807) is 0 Å². The maximum atomic E-state index is 5.96. The van der Waals surface area contributed by atoms with E-state index in [4.69, 9.17) is 10.5 Å².